The van der Waals surface area contributed by atoms with Gasteiger partial charge in [-0.05, 0) is 35.7 Å². The number of rotatable bonds is 4. The van der Waals surface area contributed by atoms with Crippen LogP contribution < -0.4 is 15.8 Å². The van der Waals surface area contributed by atoms with Gasteiger partial charge in [0.2, 0.25) is 5.91 Å². The molecule has 2 heterocycles. The van der Waals surface area contributed by atoms with E-state index >= 15 is 0 Å². The maximum absolute atomic E-state index is 12.8. The van der Waals surface area contributed by atoms with E-state index in [-0.39, 0.29) is 16.6 Å². The van der Waals surface area contributed by atoms with Crippen molar-refractivity contribution in [2.45, 2.75) is 19.9 Å². The van der Waals surface area contributed by atoms with Crippen LogP contribution in [0.15, 0.2) is 53.5 Å². The van der Waals surface area contributed by atoms with Crippen molar-refractivity contribution in [3.05, 3.63) is 85.3 Å². The van der Waals surface area contributed by atoms with E-state index in [1.807, 2.05) is 23.1 Å². The maximum Gasteiger partial charge on any atom is 0.292 e. The van der Waals surface area contributed by atoms with E-state index in [2.05, 4.69) is 10.4 Å². The van der Waals surface area contributed by atoms with Crippen LogP contribution in [0, 0.1) is 10.1 Å². The van der Waals surface area contributed by atoms with E-state index in [1.54, 1.807) is 0 Å². The molecule has 0 aliphatic carbocycles. The Balaban J connectivity index is 1.63. The Kier molecular flexibility index (Phi) is 5.43. The van der Waals surface area contributed by atoms with Gasteiger partial charge >= 0.3 is 0 Å². The number of benzene rings is 2. The predicted molar refractivity (Wildman–Crippen MR) is 117 cm³/mol. The summed E-state index contributed by atoms with van der Waals surface area (Å²) in [5.41, 5.74) is 3.21. The highest BCUT2D eigenvalue weighted by Gasteiger charge is 2.23. The Bertz CT molecular complexity index is 1240. The van der Waals surface area contributed by atoms with Crippen LogP contribution in [-0.4, -0.2) is 27.2 Å². The van der Waals surface area contributed by atoms with E-state index in [9.17, 15) is 19.7 Å². The number of carbonyl (C=O) groups excluding carboxylic acids is 1. The van der Waals surface area contributed by atoms with Crippen molar-refractivity contribution in [1.29, 1.82) is 0 Å². The zero-order chi connectivity index (χ0) is 22.1. The number of halogens is 1. The molecule has 0 spiro atoms. The zero-order valence-electron chi connectivity index (χ0n) is 16.5. The van der Waals surface area contributed by atoms with Crippen LogP contribution in [0.25, 0.3) is 5.69 Å². The standard InChI is InChI=1S/C21H18ClN5O4/c1-13(28)24-18-4-2-3-14-12-25(10-9-17(14)18)19-11-23-26(21(29)20(19)22)15-5-7-16(8-6-15)27(30)31/h2-8,11H,9-10,12H2,1H3,(H,24,28). The van der Waals surface area contributed by atoms with Crippen LogP contribution in [-0.2, 0) is 17.8 Å². The molecule has 9 nitrogen and oxygen atoms in total. The smallest absolute Gasteiger partial charge is 0.292 e. The zero-order valence-corrected chi connectivity index (χ0v) is 17.3. The molecule has 3 aromatic rings. The number of anilines is 2. The van der Waals surface area contributed by atoms with E-state index in [0.29, 0.717) is 30.9 Å². The summed E-state index contributed by atoms with van der Waals surface area (Å²) in [4.78, 5) is 36.6. The maximum atomic E-state index is 12.8. The summed E-state index contributed by atoms with van der Waals surface area (Å²) in [6.07, 6.45) is 2.20. The lowest BCUT2D eigenvalue weighted by Gasteiger charge is -2.32. The average Bonchev–Trinajstić information content (AvgIpc) is 2.75. The summed E-state index contributed by atoms with van der Waals surface area (Å²) >= 11 is 6.41. The molecule has 0 atom stereocenters. The van der Waals surface area contributed by atoms with Gasteiger partial charge in [0.05, 0.1) is 22.5 Å². The molecule has 158 valence electrons. The van der Waals surface area contributed by atoms with Crippen LogP contribution in [0.5, 0.6) is 0 Å². The fraction of sp³-hybridized carbons (Fsp3) is 0.190. The molecule has 0 bridgehead atoms. The number of hydrogen-bond acceptors (Lipinski definition) is 6. The largest absolute Gasteiger partial charge is 0.364 e. The first-order valence-corrected chi connectivity index (χ1v) is 9.89. The number of amides is 1. The molecule has 0 unspecified atom stereocenters. The summed E-state index contributed by atoms with van der Waals surface area (Å²) < 4.78 is 1.11. The first-order chi connectivity index (χ1) is 14.8. The minimum Gasteiger partial charge on any atom is -0.364 e. The van der Waals surface area contributed by atoms with Gasteiger partial charge in [-0.1, -0.05) is 23.7 Å². The van der Waals surface area contributed by atoms with Crippen molar-refractivity contribution in [2.24, 2.45) is 0 Å². The molecule has 0 saturated carbocycles. The van der Waals surface area contributed by atoms with Gasteiger partial charge in [0.25, 0.3) is 11.2 Å². The van der Waals surface area contributed by atoms with Gasteiger partial charge in [-0.15, -0.1) is 0 Å². The molecule has 1 aliphatic heterocycles. The van der Waals surface area contributed by atoms with Crippen molar-refractivity contribution >= 4 is 34.6 Å². The van der Waals surface area contributed by atoms with Crippen molar-refractivity contribution in [2.75, 3.05) is 16.8 Å². The summed E-state index contributed by atoms with van der Waals surface area (Å²) in [7, 11) is 0. The van der Waals surface area contributed by atoms with Crippen LogP contribution in [0.1, 0.15) is 18.1 Å². The van der Waals surface area contributed by atoms with Gasteiger partial charge in [-0.2, -0.15) is 9.78 Å². The number of fused-ring (bicyclic) bond motifs is 1. The van der Waals surface area contributed by atoms with Crippen molar-refractivity contribution in [3.63, 3.8) is 0 Å². The molecule has 1 aliphatic rings. The Morgan fingerprint density at radius 1 is 1.23 bits per heavy atom. The number of carbonyl (C=O) groups is 1. The molecular weight excluding hydrogens is 422 g/mol. The number of nitro groups is 1. The van der Waals surface area contributed by atoms with Gasteiger partial charge < -0.3 is 10.2 Å². The second-order valence-corrected chi connectivity index (χ2v) is 7.51. The first-order valence-electron chi connectivity index (χ1n) is 9.51. The minimum absolute atomic E-state index is 0.0230. The van der Waals surface area contributed by atoms with Crippen LogP contribution in [0.3, 0.4) is 0 Å². The first kappa shape index (κ1) is 20.5. The fourth-order valence-electron chi connectivity index (χ4n) is 3.67. The Morgan fingerprint density at radius 2 is 1.97 bits per heavy atom. The third-order valence-corrected chi connectivity index (χ3v) is 5.48. The molecule has 1 amide bonds. The molecule has 10 heteroatoms. The Hall–Kier alpha value is -3.72. The SMILES string of the molecule is CC(=O)Nc1cccc2c1CCN(c1cnn(-c3ccc([N+](=O)[O-])cc3)c(=O)c1Cl)C2. The second kappa shape index (κ2) is 8.19. The van der Waals surface area contributed by atoms with Crippen LogP contribution in [0.2, 0.25) is 5.02 Å². The lowest BCUT2D eigenvalue weighted by Crippen LogP contribution is -2.33. The summed E-state index contributed by atoms with van der Waals surface area (Å²) in [5, 5.41) is 17.9. The quantitative estimate of drug-likeness (QED) is 0.493. The average molecular weight is 440 g/mol. The number of nitrogens with zero attached hydrogens (tertiary/aromatic N) is 4. The molecule has 1 aromatic heterocycles. The fourth-order valence-corrected chi connectivity index (χ4v) is 3.91. The lowest BCUT2D eigenvalue weighted by molar-refractivity contribution is -0.384. The van der Waals surface area contributed by atoms with Crippen LogP contribution >= 0.6 is 11.6 Å². The summed E-state index contributed by atoms with van der Waals surface area (Å²) in [5.74, 6) is -0.127. The molecule has 4 rings (SSSR count). The normalized spacial score (nSPS) is 12.9. The van der Waals surface area contributed by atoms with Gasteiger partial charge in [0, 0.05) is 37.8 Å². The molecule has 0 radical (unpaired) electrons. The molecule has 0 fully saturated rings. The highest BCUT2D eigenvalue weighted by atomic mass is 35.5. The van der Waals surface area contributed by atoms with Gasteiger partial charge in [-0.3, -0.25) is 19.7 Å². The number of nitro benzene ring substituents is 1. The van der Waals surface area contributed by atoms with Crippen molar-refractivity contribution < 1.29 is 9.72 Å². The molecule has 31 heavy (non-hydrogen) atoms. The topological polar surface area (TPSA) is 110 Å². The van der Waals surface area contributed by atoms with E-state index in [0.717, 1.165) is 21.5 Å². The minimum atomic E-state index is -0.512. The van der Waals surface area contributed by atoms with Crippen molar-refractivity contribution in [3.8, 4) is 5.69 Å². The lowest BCUT2D eigenvalue weighted by atomic mass is 9.97. The number of non-ortho nitro benzene ring substituents is 1. The Morgan fingerprint density at radius 3 is 2.65 bits per heavy atom. The highest BCUT2D eigenvalue weighted by molar-refractivity contribution is 6.33. The molecular formula is C21H18ClN5O4. The van der Waals surface area contributed by atoms with Gasteiger partial charge in [0.1, 0.15) is 5.02 Å². The highest BCUT2D eigenvalue weighted by Crippen LogP contribution is 2.31. The molecule has 2 aromatic carbocycles. The monoisotopic (exact) mass is 439 g/mol. The number of hydrogen-bond donors (Lipinski definition) is 1. The molecule has 1 N–H and O–H groups in total. The van der Waals surface area contributed by atoms with E-state index in [4.69, 9.17) is 11.6 Å². The van der Waals surface area contributed by atoms with E-state index in [1.165, 1.54) is 37.4 Å². The molecule has 0 saturated heterocycles. The third kappa shape index (κ3) is 3.99. The predicted octanol–water partition coefficient (Wildman–Crippen LogP) is 3.32. The third-order valence-electron chi connectivity index (χ3n) is 5.12. The van der Waals surface area contributed by atoms with E-state index < -0.39 is 10.5 Å². The summed E-state index contributed by atoms with van der Waals surface area (Å²) in [6, 6.07) is 11.2. The second-order valence-electron chi connectivity index (χ2n) is 7.13. The Labute approximate surface area is 182 Å². The number of aromatic nitrogens is 2. The van der Waals surface area contributed by atoms with Crippen LogP contribution in [0.4, 0.5) is 17.1 Å². The number of nitrogens with one attached hydrogen (secondary N) is 1. The van der Waals surface area contributed by atoms with Gasteiger partial charge in [-0.25, -0.2) is 0 Å². The van der Waals surface area contributed by atoms with Gasteiger partial charge in [0.15, 0.2) is 0 Å². The summed E-state index contributed by atoms with van der Waals surface area (Å²) in [6.45, 7) is 2.59. The van der Waals surface area contributed by atoms with Crippen molar-refractivity contribution in [1.82, 2.24) is 9.78 Å².